The van der Waals surface area contributed by atoms with Crippen LogP contribution < -0.4 is 0 Å². The zero-order chi connectivity index (χ0) is 5.98. The highest BCUT2D eigenvalue weighted by atomic mass is 32.1. The third kappa shape index (κ3) is 1.23. The van der Waals surface area contributed by atoms with E-state index in [0.717, 1.165) is 0 Å². The molecular weight excluding hydrogens is 123 g/mol. The normalized spacial score (nSPS) is 18.6. The van der Waals surface area contributed by atoms with Gasteiger partial charge in [0.25, 0.3) is 0 Å². The van der Waals surface area contributed by atoms with Gasteiger partial charge in [-0.05, 0) is 6.08 Å². The van der Waals surface area contributed by atoms with Gasteiger partial charge in [0.15, 0.2) is 0 Å². The Morgan fingerprint density at radius 1 is 1.75 bits per heavy atom. The van der Waals surface area contributed by atoms with Gasteiger partial charge in [-0.1, -0.05) is 18.3 Å². The minimum absolute atomic E-state index is 0.360. The summed E-state index contributed by atoms with van der Waals surface area (Å²) < 4.78 is 12.1. The maximum Gasteiger partial charge on any atom is 0.131 e. The fourth-order valence-electron chi connectivity index (χ4n) is 0.491. The van der Waals surface area contributed by atoms with Crippen molar-refractivity contribution in [3.8, 4) is 0 Å². The summed E-state index contributed by atoms with van der Waals surface area (Å²) in [6, 6.07) is 0. The Labute approximate surface area is 52.7 Å². The van der Waals surface area contributed by atoms with Crippen LogP contribution >= 0.6 is 12.2 Å². The minimum atomic E-state index is -0.360. The number of hydrogen-bond donors (Lipinski definition) is 0. The molecule has 0 aromatic heterocycles. The molecule has 41 valence electrons. The van der Waals surface area contributed by atoms with Gasteiger partial charge in [0, 0.05) is 17.4 Å². The highest BCUT2D eigenvalue weighted by molar-refractivity contribution is 7.80. The molecule has 2 heteroatoms. The molecule has 0 aromatic rings. The summed E-state index contributed by atoms with van der Waals surface area (Å²) >= 11 is 4.70. The van der Waals surface area contributed by atoms with Gasteiger partial charge in [-0.3, -0.25) is 0 Å². The Morgan fingerprint density at radius 2 is 2.50 bits per heavy atom. The number of rotatable bonds is 0. The lowest BCUT2D eigenvalue weighted by atomic mass is 10.2. The monoisotopic (exact) mass is 127 g/mol. The van der Waals surface area contributed by atoms with Crippen molar-refractivity contribution in [2.45, 2.75) is 6.42 Å². The number of hydrogen-bond acceptors (Lipinski definition) is 1. The Bertz CT molecular complexity index is 167. The molecule has 0 aliphatic heterocycles. The molecule has 1 aliphatic carbocycles. The largest absolute Gasteiger partial charge is 0.206 e. The Morgan fingerprint density at radius 3 is 2.88 bits per heavy atom. The van der Waals surface area contributed by atoms with E-state index in [1.807, 2.05) is 0 Å². The third-order valence-corrected chi connectivity index (χ3v) is 1.12. The van der Waals surface area contributed by atoms with Crippen molar-refractivity contribution >= 4 is 17.1 Å². The lowest BCUT2D eigenvalue weighted by Gasteiger charge is -1.95. The lowest BCUT2D eigenvalue weighted by Crippen LogP contribution is -1.91. The predicted molar refractivity (Wildman–Crippen MR) is 34.2 cm³/mol. The SMILES string of the molecule is FC1=CC(=S)CC=[C]1. The predicted octanol–water partition coefficient (Wildman–Crippen LogP) is 1.97. The van der Waals surface area contributed by atoms with E-state index in [-0.39, 0.29) is 5.83 Å². The number of thiocarbonyl (C=S) groups is 1. The van der Waals surface area contributed by atoms with Gasteiger partial charge in [0.1, 0.15) is 5.83 Å². The van der Waals surface area contributed by atoms with E-state index in [1.54, 1.807) is 6.08 Å². The van der Waals surface area contributed by atoms with Gasteiger partial charge in [0.2, 0.25) is 0 Å². The third-order valence-electron chi connectivity index (χ3n) is 0.831. The molecule has 0 saturated heterocycles. The van der Waals surface area contributed by atoms with Gasteiger partial charge in [-0.25, -0.2) is 4.39 Å². The molecule has 0 N–H and O–H groups in total. The first kappa shape index (κ1) is 5.63. The van der Waals surface area contributed by atoms with Crippen LogP contribution in [0, 0.1) is 6.08 Å². The Hall–Kier alpha value is -0.500. The first-order chi connectivity index (χ1) is 3.79. The topological polar surface area (TPSA) is 0 Å². The van der Waals surface area contributed by atoms with E-state index in [4.69, 9.17) is 12.2 Å². The van der Waals surface area contributed by atoms with E-state index in [1.165, 1.54) is 6.08 Å². The van der Waals surface area contributed by atoms with Crippen LogP contribution in [0.25, 0.3) is 0 Å². The molecule has 1 radical (unpaired) electrons. The van der Waals surface area contributed by atoms with Gasteiger partial charge in [-0.2, -0.15) is 0 Å². The van der Waals surface area contributed by atoms with Crippen molar-refractivity contribution in [2.75, 3.05) is 0 Å². The van der Waals surface area contributed by atoms with E-state index in [0.29, 0.717) is 11.3 Å². The summed E-state index contributed by atoms with van der Waals surface area (Å²) in [6.07, 6.45) is 5.96. The fraction of sp³-hybridized carbons (Fsp3) is 0.167. The molecule has 1 rings (SSSR count). The quantitative estimate of drug-likeness (QED) is 0.448. The van der Waals surface area contributed by atoms with Crippen LogP contribution in [0.5, 0.6) is 0 Å². The molecule has 0 nitrogen and oxygen atoms in total. The molecule has 0 unspecified atom stereocenters. The molecule has 0 atom stereocenters. The smallest absolute Gasteiger partial charge is 0.131 e. The molecule has 0 bridgehead atoms. The van der Waals surface area contributed by atoms with E-state index >= 15 is 0 Å². The van der Waals surface area contributed by atoms with Crippen LogP contribution in [0.15, 0.2) is 18.0 Å². The fourth-order valence-corrected chi connectivity index (χ4v) is 0.678. The molecule has 0 saturated carbocycles. The van der Waals surface area contributed by atoms with Gasteiger partial charge in [0.05, 0.1) is 0 Å². The summed E-state index contributed by atoms with van der Waals surface area (Å²) in [5.41, 5.74) is 0. The van der Waals surface area contributed by atoms with Crippen LogP contribution in [0.3, 0.4) is 0 Å². The summed E-state index contributed by atoms with van der Waals surface area (Å²) in [5.74, 6) is -0.360. The van der Waals surface area contributed by atoms with Crippen LogP contribution in [-0.4, -0.2) is 4.86 Å². The van der Waals surface area contributed by atoms with E-state index < -0.39 is 0 Å². The molecule has 1 aliphatic rings. The van der Waals surface area contributed by atoms with Gasteiger partial charge >= 0.3 is 0 Å². The zero-order valence-corrected chi connectivity index (χ0v) is 4.96. The molecule has 0 spiro atoms. The van der Waals surface area contributed by atoms with Gasteiger partial charge in [-0.15, -0.1) is 0 Å². The van der Waals surface area contributed by atoms with Crippen LogP contribution in [0.2, 0.25) is 0 Å². The van der Waals surface area contributed by atoms with Crippen molar-refractivity contribution < 1.29 is 4.39 Å². The number of allylic oxidation sites excluding steroid dienone is 4. The first-order valence-corrected chi connectivity index (χ1v) is 2.68. The second-order valence-electron chi connectivity index (χ2n) is 1.51. The van der Waals surface area contributed by atoms with Crippen LogP contribution in [0.4, 0.5) is 4.39 Å². The van der Waals surface area contributed by atoms with Crippen LogP contribution in [0.1, 0.15) is 6.42 Å². The second-order valence-corrected chi connectivity index (χ2v) is 2.04. The molecule has 8 heavy (non-hydrogen) atoms. The highest BCUT2D eigenvalue weighted by Gasteiger charge is 1.97. The van der Waals surface area contributed by atoms with Crippen molar-refractivity contribution in [1.82, 2.24) is 0 Å². The molecule has 0 heterocycles. The van der Waals surface area contributed by atoms with Crippen molar-refractivity contribution in [3.63, 3.8) is 0 Å². The second kappa shape index (κ2) is 2.18. The standard InChI is InChI=1S/C6H4FS/c7-5-2-1-3-6(8)4-5/h1,4H,3H2. The highest BCUT2D eigenvalue weighted by Crippen LogP contribution is 2.06. The molecular formula is C6H4FS. The summed E-state index contributed by atoms with van der Waals surface area (Å²) in [4.78, 5) is 0.640. The Balaban J connectivity index is 2.77. The van der Waals surface area contributed by atoms with Crippen LogP contribution in [-0.2, 0) is 0 Å². The van der Waals surface area contributed by atoms with E-state index in [2.05, 4.69) is 6.08 Å². The average Bonchev–Trinajstić information content (AvgIpc) is 1.64. The molecule has 0 aromatic carbocycles. The van der Waals surface area contributed by atoms with Crippen molar-refractivity contribution in [1.29, 1.82) is 0 Å². The average molecular weight is 127 g/mol. The number of halogens is 1. The van der Waals surface area contributed by atoms with Gasteiger partial charge < -0.3 is 0 Å². The summed E-state index contributed by atoms with van der Waals surface area (Å²) in [5, 5.41) is 0. The summed E-state index contributed by atoms with van der Waals surface area (Å²) in [7, 11) is 0. The Kier molecular flexibility index (Phi) is 1.53. The summed E-state index contributed by atoms with van der Waals surface area (Å²) in [6.45, 7) is 0. The first-order valence-electron chi connectivity index (χ1n) is 2.27. The zero-order valence-electron chi connectivity index (χ0n) is 4.15. The van der Waals surface area contributed by atoms with Crippen molar-refractivity contribution in [2.24, 2.45) is 0 Å². The van der Waals surface area contributed by atoms with E-state index in [9.17, 15) is 4.39 Å². The molecule has 0 fully saturated rings. The van der Waals surface area contributed by atoms with Crippen molar-refractivity contribution in [3.05, 3.63) is 24.1 Å². The lowest BCUT2D eigenvalue weighted by molar-refractivity contribution is 0.659. The maximum atomic E-state index is 12.1. The minimum Gasteiger partial charge on any atom is -0.206 e. The maximum absolute atomic E-state index is 12.1. The molecule has 0 amide bonds.